The predicted molar refractivity (Wildman–Crippen MR) is 105 cm³/mol. The van der Waals surface area contributed by atoms with Gasteiger partial charge < -0.3 is 14.2 Å². The lowest BCUT2D eigenvalue weighted by molar-refractivity contribution is -0.0508. The molecular weight excluding hydrogens is 380 g/mol. The van der Waals surface area contributed by atoms with Crippen LogP contribution >= 0.6 is 11.6 Å². The highest BCUT2D eigenvalue weighted by atomic mass is 35.5. The van der Waals surface area contributed by atoms with Gasteiger partial charge in [0.2, 0.25) is 0 Å². The molecule has 0 unspecified atom stereocenters. The van der Waals surface area contributed by atoms with Crippen molar-refractivity contribution in [1.29, 1.82) is 0 Å². The van der Waals surface area contributed by atoms with E-state index in [0.717, 1.165) is 24.5 Å². The van der Waals surface area contributed by atoms with Gasteiger partial charge in [-0.05, 0) is 30.3 Å². The largest absolute Gasteiger partial charge is 0.493 e. The lowest BCUT2D eigenvalue weighted by atomic mass is 10.1. The normalized spacial score (nSPS) is 13.8. The van der Waals surface area contributed by atoms with Crippen molar-refractivity contribution < 1.29 is 19.0 Å². The zero-order valence-electron chi connectivity index (χ0n) is 15.3. The molecule has 0 saturated carbocycles. The summed E-state index contributed by atoms with van der Waals surface area (Å²) in [5, 5.41) is 4.94. The number of halogens is 1. The van der Waals surface area contributed by atoms with Crippen LogP contribution in [-0.4, -0.2) is 42.7 Å². The molecule has 2 aromatic carbocycles. The summed E-state index contributed by atoms with van der Waals surface area (Å²) in [5.41, 5.74) is 2.44. The van der Waals surface area contributed by atoms with Crippen LogP contribution in [0.2, 0.25) is 5.02 Å². The summed E-state index contributed by atoms with van der Waals surface area (Å²) in [6.07, 6.45) is 0. The van der Waals surface area contributed by atoms with Crippen LogP contribution in [0.1, 0.15) is 10.5 Å². The van der Waals surface area contributed by atoms with Gasteiger partial charge in [-0.3, -0.25) is 0 Å². The van der Waals surface area contributed by atoms with Crippen molar-refractivity contribution in [2.45, 2.75) is 0 Å². The number of methoxy groups -OCH3 is 1. The number of para-hydroxylation sites is 1. The van der Waals surface area contributed by atoms with E-state index in [-0.39, 0.29) is 5.69 Å². The topological polar surface area (TPSA) is 62.6 Å². The van der Waals surface area contributed by atoms with E-state index in [0.29, 0.717) is 28.9 Å². The number of esters is 1. The number of carbonyl (C=O) groups is 1. The summed E-state index contributed by atoms with van der Waals surface area (Å²) in [5.74, 6) is 0.670. The van der Waals surface area contributed by atoms with E-state index in [4.69, 9.17) is 25.8 Å². The van der Waals surface area contributed by atoms with Crippen LogP contribution in [0.25, 0.3) is 16.9 Å². The Kier molecular flexibility index (Phi) is 5.32. The van der Waals surface area contributed by atoms with Crippen LogP contribution in [0.15, 0.2) is 54.6 Å². The molecule has 0 radical (unpaired) electrons. The number of nitrogens with zero attached hydrogens (tertiary/aromatic N) is 2. The Balaban J connectivity index is 1.72. The second-order valence-corrected chi connectivity index (χ2v) is 6.92. The van der Waals surface area contributed by atoms with Crippen molar-refractivity contribution in [3.8, 4) is 22.7 Å². The molecule has 0 aliphatic carbocycles. The van der Waals surface area contributed by atoms with Crippen LogP contribution in [0.5, 0.6) is 5.75 Å². The molecule has 7 heteroatoms. The van der Waals surface area contributed by atoms with Crippen molar-refractivity contribution >= 4 is 17.6 Å². The Bertz CT molecular complexity index is 998. The van der Waals surface area contributed by atoms with Crippen LogP contribution < -0.4 is 4.74 Å². The Morgan fingerprint density at radius 2 is 2.04 bits per heavy atom. The van der Waals surface area contributed by atoms with Gasteiger partial charge in [0.25, 0.3) is 0 Å². The first kappa shape index (κ1) is 18.5. The fraction of sp³-hybridized carbons (Fsp3) is 0.238. The Labute approximate surface area is 167 Å². The minimum atomic E-state index is -0.510. The minimum Gasteiger partial charge on any atom is -0.493 e. The van der Waals surface area contributed by atoms with E-state index in [2.05, 4.69) is 5.10 Å². The lowest BCUT2D eigenvalue weighted by Crippen LogP contribution is -2.32. The maximum atomic E-state index is 12.0. The molecule has 2 heterocycles. The van der Waals surface area contributed by atoms with Gasteiger partial charge in [0.1, 0.15) is 5.75 Å². The molecule has 1 aliphatic rings. The number of ether oxygens (including phenoxy) is 3. The van der Waals surface area contributed by atoms with Crippen LogP contribution in [-0.2, 0) is 9.47 Å². The average Bonchev–Trinajstić information content (AvgIpc) is 3.12. The average molecular weight is 399 g/mol. The summed E-state index contributed by atoms with van der Waals surface area (Å²) in [4.78, 5) is 12.0. The van der Waals surface area contributed by atoms with E-state index in [1.165, 1.54) is 7.11 Å². The Morgan fingerprint density at radius 3 is 2.75 bits per heavy atom. The van der Waals surface area contributed by atoms with Crippen molar-refractivity contribution in [2.75, 3.05) is 26.9 Å². The summed E-state index contributed by atoms with van der Waals surface area (Å²) in [6.45, 7) is 2.09. The van der Waals surface area contributed by atoms with Crippen LogP contribution in [0, 0.1) is 5.92 Å². The zero-order chi connectivity index (χ0) is 19.5. The van der Waals surface area contributed by atoms with Gasteiger partial charge in [-0.15, -0.1) is 0 Å². The van der Waals surface area contributed by atoms with Gasteiger partial charge in [-0.25, -0.2) is 9.48 Å². The van der Waals surface area contributed by atoms with Crippen LogP contribution in [0.3, 0.4) is 0 Å². The summed E-state index contributed by atoms with van der Waals surface area (Å²) >= 11 is 6.37. The Hall–Kier alpha value is -2.83. The smallest absolute Gasteiger partial charge is 0.358 e. The zero-order valence-corrected chi connectivity index (χ0v) is 16.1. The monoisotopic (exact) mass is 398 g/mol. The number of hydrogen-bond donors (Lipinski definition) is 0. The first-order valence-electron chi connectivity index (χ1n) is 8.90. The fourth-order valence-electron chi connectivity index (χ4n) is 2.94. The third-order valence-electron chi connectivity index (χ3n) is 4.51. The van der Waals surface area contributed by atoms with Crippen LogP contribution in [0.4, 0.5) is 0 Å². The first-order valence-corrected chi connectivity index (χ1v) is 9.28. The fourth-order valence-corrected chi connectivity index (χ4v) is 3.15. The van der Waals surface area contributed by atoms with E-state index in [9.17, 15) is 4.79 Å². The molecule has 144 valence electrons. The predicted octanol–water partition coefficient (Wildman–Crippen LogP) is 4.00. The lowest BCUT2D eigenvalue weighted by Gasteiger charge is -2.25. The molecule has 3 aromatic rings. The first-order chi connectivity index (χ1) is 13.7. The summed E-state index contributed by atoms with van der Waals surface area (Å²) in [6, 6.07) is 16.7. The number of hydrogen-bond acceptors (Lipinski definition) is 5. The second-order valence-electron chi connectivity index (χ2n) is 6.51. The quantitative estimate of drug-likeness (QED) is 0.587. The van der Waals surface area contributed by atoms with E-state index in [1.807, 2.05) is 42.5 Å². The third-order valence-corrected chi connectivity index (χ3v) is 4.83. The highest BCUT2D eigenvalue weighted by molar-refractivity contribution is 6.32. The molecule has 1 fully saturated rings. The van der Waals surface area contributed by atoms with Crippen molar-refractivity contribution in [1.82, 2.24) is 9.78 Å². The van der Waals surface area contributed by atoms with E-state index >= 15 is 0 Å². The number of benzene rings is 2. The molecule has 28 heavy (non-hydrogen) atoms. The molecule has 4 rings (SSSR count). The molecule has 0 bridgehead atoms. The van der Waals surface area contributed by atoms with E-state index in [1.54, 1.807) is 16.8 Å². The van der Waals surface area contributed by atoms with E-state index < -0.39 is 5.97 Å². The molecule has 6 nitrogen and oxygen atoms in total. The van der Waals surface area contributed by atoms with Gasteiger partial charge in [0, 0.05) is 11.5 Å². The molecule has 0 amide bonds. The molecule has 0 spiro atoms. The molecule has 1 aliphatic heterocycles. The summed E-state index contributed by atoms with van der Waals surface area (Å²) in [7, 11) is 1.33. The van der Waals surface area contributed by atoms with Crippen molar-refractivity contribution in [3.05, 3.63) is 65.3 Å². The number of carbonyl (C=O) groups excluding carboxylic acids is 1. The maximum Gasteiger partial charge on any atom is 0.358 e. The standard InChI is InChI=1S/C21H19ClN2O4/c1-26-21(25)18-10-20(24(23-18)19-8-3-2-7-17(19)22)15-5-4-6-16(9-15)28-13-14-11-27-12-14/h2-10,14H,11-13H2,1H3. The highest BCUT2D eigenvalue weighted by Gasteiger charge is 2.20. The number of aromatic nitrogens is 2. The molecule has 0 atom stereocenters. The van der Waals surface area contributed by atoms with Gasteiger partial charge in [-0.1, -0.05) is 35.9 Å². The minimum absolute atomic E-state index is 0.204. The molecule has 0 N–H and O–H groups in total. The Morgan fingerprint density at radius 1 is 1.21 bits per heavy atom. The molecule has 1 aromatic heterocycles. The van der Waals surface area contributed by atoms with Gasteiger partial charge >= 0.3 is 5.97 Å². The van der Waals surface area contributed by atoms with Gasteiger partial charge in [-0.2, -0.15) is 5.10 Å². The highest BCUT2D eigenvalue weighted by Crippen LogP contribution is 2.30. The number of rotatable bonds is 6. The van der Waals surface area contributed by atoms with Crippen molar-refractivity contribution in [3.63, 3.8) is 0 Å². The SMILES string of the molecule is COC(=O)c1cc(-c2cccc(OCC3COC3)c2)n(-c2ccccc2Cl)n1. The molecule has 1 saturated heterocycles. The van der Waals surface area contributed by atoms with Gasteiger partial charge in [0.15, 0.2) is 5.69 Å². The second kappa shape index (κ2) is 8.04. The summed E-state index contributed by atoms with van der Waals surface area (Å²) < 4.78 is 17.5. The maximum absolute atomic E-state index is 12.0. The molecular formula is C21H19ClN2O4. The van der Waals surface area contributed by atoms with Crippen molar-refractivity contribution in [2.24, 2.45) is 5.92 Å². The van der Waals surface area contributed by atoms with Gasteiger partial charge in [0.05, 0.1) is 43.3 Å². The third kappa shape index (κ3) is 3.74.